The molecular formula is C16H24N4O. The van der Waals surface area contributed by atoms with Crippen LogP contribution in [0.3, 0.4) is 0 Å². The first-order chi connectivity index (χ1) is 10.1. The van der Waals surface area contributed by atoms with E-state index in [2.05, 4.69) is 21.7 Å². The maximum Gasteiger partial charge on any atom is 0.255 e. The van der Waals surface area contributed by atoms with Crippen molar-refractivity contribution < 1.29 is 4.79 Å². The fraction of sp³-hybridized carbons (Fsp3) is 0.500. The maximum absolute atomic E-state index is 12.5. The van der Waals surface area contributed by atoms with Gasteiger partial charge >= 0.3 is 0 Å². The zero-order chi connectivity index (χ0) is 15.7. The highest BCUT2D eigenvalue weighted by atomic mass is 16.2. The summed E-state index contributed by atoms with van der Waals surface area (Å²) >= 11 is 0. The second-order valence-corrected chi connectivity index (χ2v) is 5.01. The van der Waals surface area contributed by atoms with Crippen LogP contribution in [0, 0.1) is 11.8 Å². The summed E-state index contributed by atoms with van der Waals surface area (Å²) in [6, 6.07) is 1.77. The molecule has 1 rings (SSSR count). The highest BCUT2D eigenvalue weighted by molar-refractivity contribution is 5.94. The number of aromatic nitrogens is 1. The Hall–Kier alpha value is -1.90. The predicted octanol–water partition coefficient (Wildman–Crippen LogP) is 0.806. The van der Waals surface area contributed by atoms with Gasteiger partial charge in [0.25, 0.3) is 5.91 Å². The summed E-state index contributed by atoms with van der Waals surface area (Å²) in [5.74, 6) is 5.67. The Morgan fingerprint density at radius 2 is 2.10 bits per heavy atom. The van der Waals surface area contributed by atoms with Crippen LogP contribution in [-0.2, 0) is 0 Å². The Kier molecular flexibility index (Phi) is 7.44. The second kappa shape index (κ2) is 9.11. The lowest BCUT2D eigenvalue weighted by Crippen LogP contribution is -2.33. The fourth-order valence-electron chi connectivity index (χ4n) is 1.94. The molecule has 0 aliphatic rings. The zero-order valence-corrected chi connectivity index (χ0v) is 13.1. The van der Waals surface area contributed by atoms with Crippen molar-refractivity contribution in [1.82, 2.24) is 14.8 Å². The smallest absolute Gasteiger partial charge is 0.255 e. The standard InChI is InChI=1S/C16H24N4O/c1-4-20(10-6-9-19(2)3)16(21)15-11-14(7-5-8-17)12-18-13-15/h11-13H,4,6,8-10,17H2,1-3H3. The van der Waals surface area contributed by atoms with E-state index in [1.54, 1.807) is 18.5 Å². The quantitative estimate of drug-likeness (QED) is 0.787. The molecular weight excluding hydrogens is 264 g/mol. The van der Waals surface area contributed by atoms with Crippen LogP contribution in [0.2, 0.25) is 0 Å². The molecule has 2 N–H and O–H groups in total. The van der Waals surface area contributed by atoms with Crippen molar-refractivity contribution in [3.8, 4) is 11.8 Å². The average molecular weight is 288 g/mol. The monoisotopic (exact) mass is 288 g/mol. The van der Waals surface area contributed by atoms with Crippen molar-refractivity contribution in [3.63, 3.8) is 0 Å². The van der Waals surface area contributed by atoms with Crippen LogP contribution in [0.1, 0.15) is 29.3 Å². The van der Waals surface area contributed by atoms with Gasteiger partial charge in [0, 0.05) is 31.0 Å². The van der Waals surface area contributed by atoms with E-state index >= 15 is 0 Å². The van der Waals surface area contributed by atoms with E-state index in [4.69, 9.17) is 5.73 Å². The fourth-order valence-corrected chi connectivity index (χ4v) is 1.94. The Balaban J connectivity index is 2.75. The van der Waals surface area contributed by atoms with Crippen LogP contribution in [0.15, 0.2) is 18.5 Å². The second-order valence-electron chi connectivity index (χ2n) is 5.01. The molecule has 0 fully saturated rings. The third-order valence-electron chi connectivity index (χ3n) is 3.02. The molecule has 1 aromatic rings. The number of pyridine rings is 1. The molecule has 0 aliphatic heterocycles. The van der Waals surface area contributed by atoms with E-state index in [-0.39, 0.29) is 5.91 Å². The van der Waals surface area contributed by atoms with E-state index in [1.165, 1.54) is 0 Å². The molecule has 0 aliphatic carbocycles. The van der Waals surface area contributed by atoms with Crippen molar-refractivity contribution in [2.45, 2.75) is 13.3 Å². The number of amides is 1. The molecule has 21 heavy (non-hydrogen) atoms. The van der Waals surface area contributed by atoms with Gasteiger partial charge in [-0.1, -0.05) is 11.8 Å². The summed E-state index contributed by atoms with van der Waals surface area (Å²) in [6.45, 7) is 4.67. The topological polar surface area (TPSA) is 62.5 Å². The van der Waals surface area contributed by atoms with Crippen molar-refractivity contribution in [2.24, 2.45) is 5.73 Å². The average Bonchev–Trinajstić information content (AvgIpc) is 2.49. The number of hydrogen-bond acceptors (Lipinski definition) is 4. The van der Waals surface area contributed by atoms with Crippen LogP contribution in [0.5, 0.6) is 0 Å². The van der Waals surface area contributed by atoms with Crippen molar-refractivity contribution in [1.29, 1.82) is 0 Å². The summed E-state index contributed by atoms with van der Waals surface area (Å²) < 4.78 is 0. The van der Waals surface area contributed by atoms with Gasteiger partial charge in [0.2, 0.25) is 0 Å². The number of carbonyl (C=O) groups excluding carboxylic acids is 1. The summed E-state index contributed by atoms with van der Waals surface area (Å²) in [7, 11) is 4.06. The summed E-state index contributed by atoms with van der Waals surface area (Å²) in [6.07, 6.45) is 4.18. The Morgan fingerprint density at radius 3 is 2.71 bits per heavy atom. The van der Waals surface area contributed by atoms with Crippen LogP contribution < -0.4 is 5.73 Å². The number of nitrogens with zero attached hydrogens (tertiary/aromatic N) is 3. The summed E-state index contributed by atoms with van der Waals surface area (Å²) in [5, 5.41) is 0. The minimum Gasteiger partial charge on any atom is -0.339 e. The van der Waals surface area contributed by atoms with E-state index in [0.717, 1.165) is 25.1 Å². The molecule has 0 radical (unpaired) electrons. The largest absolute Gasteiger partial charge is 0.339 e. The zero-order valence-electron chi connectivity index (χ0n) is 13.1. The van der Waals surface area contributed by atoms with Gasteiger partial charge in [0.15, 0.2) is 0 Å². The summed E-state index contributed by atoms with van der Waals surface area (Å²) in [4.78, 5) is 20.5. The maximum atomic E-state index is 12.5. The van der Waals surface area contributed by atoms with E-state index < -0.39 is 0 Å². The molecule has 1 aromatic heterocycles. The Labute approximate surface area is 127 Å². The first-order valence-corrected chi connectivity index (χ1v) is 7.16. The highest BCUT2D eigenvalue weighted by Gasteiger charge is 2.14. The molecule has 0 bridgehead atoms. The Bertz CT molecular complexity index is 516. The predicted molar refractivity (Wildman–Crippen MR) is 84.9 cm³/mol. The van der Waals surface area contributed by atoms with E-state index in [9.17, 15) is 4.79 Å². The molecule has 1 heterocycles. The minimum absolute atomic E-state index is 0.000143. The summed E-state index contributed by atoms with van der Waals surface area (Å²) in [5.41, 5.74) is 6.64. The third kappa shape index (κ3) is 5.94. The first-order valence-electron chi connectivity index (χ1n) is 7.16. The van der Waals surface area contributed by atoms with Crippen molar-refractivity contribution >= 4 is 5.91 Å². The molecule has 1 amide bonds. The number of carbonyl (C=O) groups is 1. The van der Waals surface area contributed by atoms with Crippen molar-refractivity contribution in [3.05, 3.63) is 29.6 Å². The van der Waals surface area contributed by atoms with Crippen LogP contribution in [0.4, 0.5) is 0 Å². The molecule has 0 unspecified atom stereocenters. The lowest BCUT2D eigenvalue weighted by molar-refractivity contribution is 0.0759. The van der Waals surface area contributed by atoms with Gasteiger partial charge in [-0.3, -0.25) is 9.78 Å². The van der Waals surface area contributed by atoms with Gasteiger partial charge in [0.1, 0.15) is 0 Å². The molecule has 0 atom stereocenters. The lowest BCUT2D eigenvalue weighted by Gasteiger charge is -2.21. The van der Waals surface area contributed by atoms with Crippen LogP contribution in [0.25, 0.3) is 0 Å². The van der Waals surface area contributed by atoms with Gasteiger partial charge < -0.3 is 15.5 Å². The van der Waals surface area contributed by atoms with E-state index in [1.807, 2.05) is 25.9 Å². The molecule has 0 saturated carbocycles. The van der Waals surface area contributed by atoms with Gasteiger partial charge in [-0.2, -0.15) is 0 Å². The van der Waals surface area contributed by atoms with Crippen LogP contribution in [-0.4, -0.2) is 61.0 Å². The van der Waals surface area contributed by atoms with Crippen molar-refractivity contribution in [2.75, 3.05) is 40.3 Å². The minimum atomic E-state index is 0.000143. The van der Waals surface area contributed by atoms with E-state index in [0.29, 0.717) is 18.7 Å². The van der Waals surface area contributed by atoms with Gasteiger partial charge in [-0.25, -0.2) is 0 Å². The SMILES string of the molecule is CCN(CCCN(C)C)C(=O)c1cncc(C#CCN)c1. The van der Waals surface area contributed by atoms with Crippen LogP contribution >= 0.6 is 0 Å². The van der Waals surface area contributed by atoms with Gasteiger partial charge in [0.05, 0.1) is 12.1 Å². The number of rotatable bonds is 6. The molecule has 114 valence electrons. The first kappa shape index (κ1) is 17.2. The number of hydrogen-bond donors (Lipinski definition) is 1. The normalized spacial score (nSPS) is 10.1. The molecule has 0 saturated heterocycles. The van der Waals surface area contributed by atoms with Gasteiger partial charge in [-0.05, 0) is 40.1 Å². The molecule has 5 nitrogen and oxygen atoms in total. The Morgan fingerprint density at radius 1 is 1.33 bits per heavy atom. The van der Waals surface area contributed by atoms with Gasteiger partial charge in [-0.15, -0.1) is 0 Å². The molecule has 0 aromatic carbocycles. The third-order valence-corrected chi connectivity index (χ3v) is 3.02. The molecule has 0 spiro atoms. The lowest BCUT2D eigenvalue weighted by atomic mass is 10.2. The highest BCUT2D eigenvalue weighted by Crippen LogP contribution is 2.07. The molecule has 5 heteroatoms. The number of nitrogens with two attached hydrogens (primary N) is 1.